The second kappa shape index (κ2) is 5.59. The average molecular weight is 406 g/mol. The van der Waals surface area contributed by atoms with Gasteiger partial charge in [-0.05, 0) is 41.9 Å². The summed E-state index contributed by atoms with van der Waals surface area (Å²) >= 11 is 2.97. The van der Waals surface area contributed by atoms with Gasteiger partial charge < -0.3 is 5.32 Å². The maximum absolute atomic E-state index is 14.9. The van der Waals surface area contributed by atoms with Gasteiger partial charge in [0, 0.05) is 18.0 Å². The van der Waals surface area contributed by atoms with Crippen molar-refractivity contribution in [3.05, 3.63) is 63.9 Å². The van der Waals surface area contributed by atoms with E-state index in [-0.39, 0.29) is 10.2 Å². The van der Waals surface area contributed by atoms with Gasteiger partial charge in [-0.1, -0.05) is 6.07 Å². The monoisotopic (exact) mass is 405 g/mol. The first-order valence-electron chi connectivity index (χ1n) is 7.69. The highest BCUT2D eigenvalue weighted by Gasteiger charge is 2.37. The molecule has 0 aliphatic carbocycles. The van der Waals surface area contributed by atoms with Crippen LogP contribution in [0.2, 0.25) is 0 Å². The summed E-state index contributed by atoms with van der Waals surface area (Å²) in [4.78, 5) is 4.29. The SMILES string of the molecule is CC1(C)Nc2cc(F)c(Br)c(F)c2-n2c(Cc3ccccn3)nnc21. The topological polar surface area (TPSA) is 55.6 Å². The highest BCUT2D eigenvalue weighted by molar-refractivity contribution is 9.10. The molecule has 25 heavy (non-hydrogen) atoms. The number of benzene rings is 1. The van der Waals surface area contributed by atoms with Crippen molar-refractivity contribution in [3.8, 4) is 5.69 Å². The summed E-state index contributed by atoms with van der Waals surface area (Å²) in [7, 11) is 0. The van der Waals surface area contributed by atoms with Gasteiger partial charge in [-0.25, -0.2) is 8.78 Å². The van der Waals surface area contributed by atoms with Crippen LogP contribution in [0.5, 0.6) is 0 Å². The van der Waals surface area contributed by atoms with Crippen LogP contribution in [0.1, 0.15) is 31.2 Å². The molecular formula is C17H14BrF2N5. The highest BCUT2D eigenvalue weighted by atomic mass is 79.9. The number of hydrogen-bond donors (Lipinski definition) is 1. The smallest absolute Gasteiger partial charge is 0.166 e. The van der Waals surface area contributed by atoms with Crippen LogP contribution in [0, 0.1) is 11.6 Å². The van der Waals surface area contributed by atoms with Crippen LogP contribution in [0.25, 0.3) is 5.69 Å². The Kier molecular flexibility index (Phi) is 3.61. The maximum atomic E-state index is 14.9. The van der Waals surface area contributed by atoms with E-state index in [1.165, 1.54) is 6.07 Å². The van der Waals surface area contributed by atoms with Crippen molar-refractivity contribution in [1.82, 2.24) is 19.7 Å². The van der Waals surface area contributed by atoms with Crippen LogP contribution < -0.4 is 5.32 Å². The second-order valence-corrected chi connectivity index (χ2v) is 7.20. The first-order valence-corrected chi connectivity index (χ1v) is 8.48. The lowest BCUT2D eigenvalue weighted by molar-refractivity contribution is 0.511. The molecule has 0 amide bonds. The molecule has 1 aliphatic heterocycles. The van der Waals surface area contributed by atoms with Crippen molar-refractivity contribution in [2.24, 2.45) is 0 Å². The number of fused-ring (bicyclic) bond motifs is 3. The van der Waals surface area contributed by atoms with Crippen molar-refractivity contribution in [3.63, 3.8) is 0 Å². The van der Waals surface area contributed by atoms with Crippen LogP contribution in [-0.2, 0) is 12.0 Å². The van der Waals surface area contributed by atoms with E-state index in [9.17, 15) is 8.78 Å². The van der Waals surface area contributed by atoms with Gasteiger partial charge in [-0.2, -0.15) is 0 Å². The van der Waals surface area contributed by atoms with E-state index in [0.717, 1.165) is 5.69 Å². The van der Waals surface area contributed by atoms with E-state index in [0.29, 0.717) is 23.8 Å². The van der Waals surface area contributed by atoms with Crippen LogP contribution in [0.4, 0.5) is 14.5 Å². The summed E-state index contributed by atoms with van der Waals surface area (Å²) in [6.45, 7) is 3.78. The number of rotatable bonds is 2. The lowest BCUT2D eigenvalue weighted by Gasteiger charge is -2.34. The molecule has 1 aromatic carbocycles. The van der Waals surface area contributed by atoms with Gasteiger partial charge in [-0.15, -0.1) is 10.2 Å². The molecule has 0 spiro atoms. The Balaban J connectivity index is 1.94. The Bertz CT molecular complexity index is 969. The fourth-order valence-corrected chi connectivity index (χ4v) is 3.33. The largest absolute Gasteiger partial charge is 0.371 e. The summed E-state index contributed by atoms with van der Waals surface area (Å²) in [6, 6.07) is 6.84. The zero-order valence-corrected chi connectivity index (χ0v) is 15.1. The van der Waals surface area contributed by atoms with Crippen LogP contribution in [-0.4, -0.2) is 19.7 Å². The predicted octanol–water partition coefficient (Wildman–Crippen LogP) is 3.95. The van der Waals surface area contributed by atoms with E-state index < -0.39 is 17.2 Å². The number of halogens is 3. The van der Waals surface area contributed by atoms with Gasteiger partial charge in [-0.3, -0.25) is 9.55 Å². The van der Waals surface area contributed by atoms with Gasteiger partial charge >= 0.3 is 0 Å². The molecule has 0 bridgehead atoms. The summed E-state index contributed by atoms with van der Waals surface area (Å²) in [6.07, 6.45) is 2.08. The Morgan fingerprint density at radius 3 is 2.76 bits per heavy atom. The van der Waals surface area contributed by atoms with E-state index in [1.807, 2.05) is 32.0 Å². The Morgan fingerprint density at radius 1 is 1.24 bits per heavy atom. The molecular weight excluding hydrogens is 392 g/mol. The zero-order valence-electron chi connectivity index (χ0n) is 13.5. The summed E-state index contributed by atoms with van der Waals surface area (Å²) in [5.41, 5.74) is 0.725. The summed E-state index contributed by atoms with van der Waals surface area (Å²) < 4.78 is 30.3. The minimum Gasteiger partial charge on any atom is -0.371 e. The number of aromatic nitrogens is 4. The summed E-state index contributed by atoms with van der Waals surface area (Å²) in [5.74, 6) is -0.256. The molecule has 1 aliphatic rings. The first kappa shape index (κ1) is 16.1. The third-order valence-electron chi connectivity index (χ3n) is 4.16. The van der Waals surface area contributed by atoms with Crippen molar-refractivity contribution in [2.75, 3.05) is 5.32 Å². The molecule has 0 atom stereocenters. The van der Waals surface area contributed by atoms with Crippen LogP contribution in [0.15, 0.2) is 34.9 Å². The Hall–Kier alpha value is -2.35. The van der Waals surface area contributed by atoms with E-state index >= 15 is 0 Å². The number of anilines is 1. The fourth-order valence-electron chi connectivity index (χ4n) is 3.03. The van der Waals surface area contributed by atoms with Gasteiger partial charge in [0.05, 0.1) is 22.1 Å². The Morgan fingerprint density at radius 2 is 2.04 bits per heavy atom. The van der Waals surface area contributed by atoms with Gasteiger partial charge in [0.15, 0.2) is 11.6 Å². The van der Waals surface area contributed by atoms with Crippen molar-refractivity contribution in [2.45, 2.75) is 25.8 Å². The fraction of sp³-hybridized carbons (Fsp3) is 0.235. The molecule has 2 aromatic heterocycles. The van der Waals surface area contributed by atoms with E-state index in [4.69, 9.17) is 0 Å². The number of hydrogen-bond acceptors (Lipinski definition) is 4. The lowest BCUT2D eigenvalue weighted by Crippen LogP contribution is -2.36. The minimum atomic E-state index is -0.693. The number of nitrogens with zero attached hydrogens (tertiary/aromatic N) is 4. The minimum absolute atomic E-state index is 0.207. The molecule has 5 nitrogen and oxygen atoms in total. The van der Waals surface area contributed by atoms with E-state index in [2.05, 4.69) is 36.4 Å². The van der Waals surface area contributed by atoms with Crippen LogP contribution in [0.3, 0.4) is 0 Å². The average Bonchev–Trinajstić information content (AvgIpc) is 2.98. The molecule has 0 saturated carbocycles. The molecule has 0 radical (unpaired) electrons. The lowest BCUT2D eigenvalue weighted by atomic mass is 9.99. The maximum Gasteiger partial charge on any atom is 0.166 e. The standard InChI is InChI=1S/C17H14BrF2N5/c1-17(2)16-24-23-12(7-9-5-3-4-6-21-9)25(16)15-11(22-17)8-10(19)13(18)14(15)20/h3-6,8,22H,7H2,1-2H3. The zero-order chi connectivity index (χ0) is 17.8. The van der Waals surface area contributed by atoms with Gasteiger partial charge in [0.2, 0.25) is 0 Å². The van der Waals surface area contributed by atoms with Crippen LogP contribution >= 0.6 is 15.9 Å². The summed E-state index contributed by atoms with van der Waals surface area (Å²) in [5, 5.41) is 11.6. The normalized spacial score (nSPS) is 14.6. The Labute approximate surface area is 151 Å². The molecule has 0 fully saturated rings. The third kappa shape index (κ3) is 2.52. The van der Waals surface area contributed by atoms with Crippen molar-refractivity contribution in [1.29, 1.82) is 0 Å². The second-order valence-electron chi connectivity index (χ2n) is 6.41. The van der Waals surface area contributed by atoms with Crippen molar-refractivity contribution < 1.29 is 8.78 Å². The molecule has 1 N–H and O–H groups in total. The predicted molar refractivity (Wildman–Crippen MR) is 92.7 cm³/mol. The first-order chi connectivity index (χ1) is 11.9. The molecule has 3 heterocycles. The van der Waals surface area contributed by atoms with Crippen molar-refractivity contribution >= 4 is 21.6 Å². The number of nitrogens with one attached hydrogen (secondary N) is 1. The molecule has 0 unspecified atom stereocenters. The molecule has 4 rings (SSSR count). The molecule has 3 aromatic rings. The van der Waals surface area contributed by atoms with Gasteiger partial charge in [0.1, 0.15) is 17.3 Å². The van der Waals surface area contributed by atoms with E-state index in [1.54, 1.807) is 10.8 Å². The quantitative estimate of drug-likeness (QED) is 0.655. The molecule has 0 saturated heterocycles. The third-order valence-corrected chi connectivity index (χ3v) is 4.89. The highest BCUT2D eigenvalue weighted by Crippen LogP contribution is 2.41. The number of pyridine rings is 1. The molecule has 8 heteroatoms. The van der Waals surface area contributed by atoms with Gasteiger partial charge in [0.25, 0.3) is 0 Å². The molecule has 128 valence electrons.